The lowest BCUT2D eigenvalue weighted by molar-refractivity contribution is 0.0947. The van der Waals surface area contributed by atoms with E-state index in [2.05, 4.69) is 44.9 Å². The van der Waals surface area contributed by atoms with Crippen molar-refractivity contribution in [1.82, 2.24) is 20.5 Å². The molecule has 2 heterocycles. The highest BCUT2D eigenvalue weighted by molar-refractivity contribution is 5.92. The average Bonchev–Trinajstić information content (AvgIpc) is 3.06. The van der Waals surface area contributed by atoms with Gasteiger partial charge in [-0.1, -0.05) is 31.5 Å². The predicted molar refractivity (Wildman–Crippen MR) is 99.8 cm³/mol. The molecule has 0 saturated heterocycles. The molecule has 0 radical (unpaired) electrons. The maximum atomic E-state index is 11.9. The fourth-order valence-electron chi connectivity index (χ4n) is 2.68. The fraction of sp³-hybridized carbons (Fsp3) is 0.316. The summed E-state index contributed by atoms with van der Waals surface area (Å²) in [7, 11) is 0. The van der Waals surface area contributed by atoms with Gasteiger partial charge in [-0.15, -0.1) is 10.2 Å². The van der Waals surface area contributed by atoms with E-state index >= 15 is 0 Å². The van der Waals surface area contributed by atoms with Crippen LogP contribution in [0.15, 0.2) is 42.6 Å². The number of unbranched alkanes of at least 4 members (excludes halogenated alkanes) is 1. The van der Waals surface area contributed by atoms with Crippen molar-refractivity contribution < 1.29 is 4.79 Å². The first-order valence-corrected chi connectivity index (χ1v) is 8.68. The van der Waals surface area contributed by atoms with Crippen LogP contribution in [0.25, 0.3) is 10.9 Å². The number of para-hydroxylation sites is 1. The van der Waals surface area contributed by atoms with E-state index < -0.39 is 0 Å². The molecule has 6 nitrogen and oxygen atoms in total. The van der Waals surface area contributed by atoms with E-state index in [1.807, 2.05) is 18.3 Å². The summed E-state index contributed by atoms with van der Waals surface area (Å²) in [5.41, 5.74) is 2.76. The number of benzene rings is 1. The van der Waals surface area contributed by atoms with Gasteiger partial charge >= 0.3 is 0 Å². The van der Waals surface area contributed by atoms with Gasteiger partial charge in [0, 0.05) is 30.2 Å². The van der Waals surface area contributed by atoms with Crippen LogP contribution in [0.2, 0.25) is 0 Å². The minimum atomic E-state index is -0.175. The molecule has 3 rings (SSSR count). The van der Waals surface area contributed by atoms with Crippen molar-refractivity contribution in [2.75, 3.05) is 18.4 Å². The van der Waals surface area contributed by atoms with E-state index in [-0.39, 0.29) is 5.91 Å². The largest absolute Gasteiger partial charge is 0.368 e. The quantitative estimate of drug-likeness (QED) is 0.552. The summed E-state index contributed by atoms with van der Waals surface area (Å²) in [4.78, 5) is 15.2. The Hall–Kier alpha value is -2.89. The number of anilines is 1. The van der Waals surface area contributed by atoms with Gasteiger partial charge in [-0.3, -0.25) is 4.79 Å². The van der Waals surface area contributed by atoms with Crippen molar-refractivity contribution in [2.45, 2.75) is 26.2 Å². The second kappa shape index (κ2) is 8.28. The van der Waals surface area contributed by atoms with Crippen LogP contribution in [0.4, 0.5) is 5.82 Å². The lowest BCUT2D eigenvalue weighted by Gasteiger charge is -2.06. The Kier molecular flexibility index (Phi) is 5.61. The van der Waals surface area contributed by atoms with Crippen LogP contribution >= 0.6 is 0 Å². The Labute approximate surface area is 147 Å². The van der Waals surface area contributed by atoms with Crippen molar-refractivity contribution >= 4 is 22.6 Å². The average molecular weight is 337 g/mol. The fourth-order valence-corrected chi connectivity index (χ4v) is 2.68. The van der Waals surface area contributed by atoms with Crippen LogP contribution in [0, 0.1) is 0 Å². The minimum absolute atomic E-state index is 0.175. The number of H-pyrrole nitrogens is 1. The molecule has 130 valence electrons. The Morgan fingerprint density at radius 2 is 2.00 bits per heavy atom. The number of nitrogens with one attached hydrogen (secondary N) is 3. The van der Waals surface area contributed by atoms with Crippen LogP contribution in [0.1, 0.15) is 35.8 Å². The van der Waals surface area contributed by atoms with Crippen LogP contribution < -0.4 is 10.6 Å². The molecule has 0 atom stereocenters. The van der Waals surface area contributed by atoms with Gasteiger partial charge in [-0.25, -0.2) is 0 Å². The lowest BCUT2D eigenvalue weighted by atomic mass is 10.1. The first-order chi connectivity index (χ1) is 12.3. The molecule has 0 aliphatic rings. The third-order valence-electron chi connectivity index (χ3n) is 4.09. The number of carbonyl (C=O) groups is 1. The number of hydrogen-bond acceptors (Lipinski definition) is 4. The zero-order valence-corrected chi connectivity index (χ0v) is 14.4. The number of aromatic amines is 1. The summed E-state index contributed by atoms with van der Waals surface area (Å²) in [5, 5.41) is 15.4. The molecule has 2 aromatic heterocycles. The van der Waals surface area contributed by atoms with Gasteiger partial charge in [-0.05, 0) is 36.6 Å². The van der Waals surface area contributed by atoms with Gasteiger partial charge in [0.15, 0.2) is 5.69 Å². The van der Waals surface area contributed by atoms with Gasteiger partial charge in [0.2, 0.25) is 0 Å². The molecule has 0 aliphatic heterocycles. The third kappa shape index (κ3) is 4.35. The first-order valence-electron chi connectivity index (χ1n) is 8.68. The molecule has 0 fully saturated rings. The molecule has 0 unspecified atom stereocenters. The van der Waals surface area contributed by atoms with Crippen molar-refractivity contribution in [3.8, 4) is 0 Å². The van der Waals surface area contributed by atoms with Crippen LogP contribution in [0.5, 0.6) is 0 Å². The molecule has 0 aliphatic carbocycles. The lowest BCUT2D eigenvalue weighted by Crippen LogP contribution is -2.25. The highest BCUT2D eigenvalue weighted by Crippen LogP contribution is 2.18. The Morgan fingerprint density at radius 3 is 2.80 bits per heavy atom. The summed E-state index contributed by atoms with van der Waals surface area (Å²) in [6.07, 6.45) is 4.94. The molecule has 3 aromatic rings. The van der Waals surface area contributed by atoms with Gasteiger partial charge in [0.05, 0.1) is 0 Å². The zero-order chi connectivity index (χ0) is 17.5. The maximum Gasteiger partial charge on any atom is 0.271 e. The summed E-state index contributed by atoms with van der Waals surface area (Å²) in [6, 6.07) is 11.7. The van der Waals surface area contributed by atoms with Crippen molar-refractivity contribution in [3.63, 3.8) is 0 Å². The highest BCUT2D eigenvalue weighted by atomic mass is 16.1. The molecule has 0 saturated carbocycles. The molecule has 1 amide bonds. The van der Waals surface area contributed by atoms with Crippen LogP contribution in [0.3, 0.4) is 0 Å². The van der Waals surface area contributed by atoms with E-state index in [9.17, 15) is 4.79 Å². The topological polar surface area (TPSA) is 82.7 Å². The number of rotatable bonds is 8. The predicted octanol–water partition coefficient (Wildman–Crippen LogP) is 3.14. The van der Waals surface area contributed by atoms with E-state index in [1.165, 1.54) is 10.9 Å². The molecule has 1 aromatic carbocycles. The number of amides is 1. The zero-order valence-electron chi connectivity index (χ0n) is 14.4. The van der Waals surface area contributed by atoms with Gasteiger partial charge < -0.3 is 15.6 Å². The van der Waals surface area contributed by atoms with E-state index in [1.54, 1.807) is 12.1 Å². The Bertz CT molecular complexity index is 825. The van der Waals surface area contributed by atoms with Crippen molar-refractivity contribution in [2.24, 2.45) is 0 Å². The summed E-state index contributed by atoms with van der Waals surface area (Å²) in [5.74, 6) is 0.497. The smallest absolute Gasteiger partial charge is 0.271 e. The molecule has 0 spiro atoms. The standard InChI is InChI=1S/C19H23N5O/c1-2-3-11-21-19(25)17-8-9-18(24-23-17)20-12-10-14-13-22-16-7-5-4-6-15(14)16/h4-9,13,22H,2-3,10-12H2,1H3,(H,20,24)(H,21,25). The number of hydrogen-bond donors (Lipinski definition) is 3. The van der Waals surface area contributed by atoms with E-state index in [0.29, 0.717) is 18.1 Å². The van der Waals surface area contributed by atoms with Gasteiger partial charge in [0.25, 0.3) is 5.91 Å². The second-order valence-corrected chi connectivity index (χ2v) is 5.95. The molecule has 6 heteroatoms. The number of aromatic nitrogens is 3. The number of fused-ring (bicyclic) bond motifs is 1. The number of nitrogens with zero attached hydrogens (tertiary/aromatic N) is 2. The van der Waals surface area contributed by atoms with Crippen LogP contribution in [-0.2, 0) is 6.42 Å². The Morgan fingerprint density at radius 1 is 1.12 bits per heavy atom. The second-order valence-electron chi connectivity index (χ2n) is 5.95. The third-order valence-corrected chi connectivity index (χ3v) is 4.09. The Balaban J connectivity index is 1.51. The van der Waals surface area contributed by atoms with Crippen molar-refractivity contribution in [3.05, 3.63) is 53.9 Å². The van der Waals surface area contributed by atoms with Gasteiger partial charge in [0.1, 0.15) is 5.82 Å². The molecular formula is C19H23N5O. The van der Waals surface area contributed by atoms with Gasteiger partial charge in [-0.2, -0.15) is 0 Å². The SMILES string of the molecule is CCCCNC(=O)c1ccc(NCCc2c[nH]c3ccccc23)nn1. The van der Waals surface area contributed by atoms with E-state index in [0.717, 1.165) is 31.3 Å². The van der Waals surface area contributed by atoms with E-state index in [4.69, 9.17) is 0 Å². The monoisotopic (exact) mass is 337 g/mol. The molecule has 3 N–H and O–H groups in total. The minimum Gasteiger partial charge on any atom is -0.368 e. The summed E-state index contributed by atoms with van der Waals surface area (Å²) in [6.45, 7) is 3.50. The maximum absolute atomic E-state index is 11.9. The summed E-state index contributed by atoms with van der Waals surface area (Å²) >= 11 is 0. The summed E-state index contributed by atoms with van der Waals surface area (Å²) < 4.78 is 0. The molecule has 25 heavy (non-hydrogen) atoms. The highest BCUT2D eigenvalue weighted by Gasteiger charge is 2.07. The molecular weight excluding hydrogens is 314 g/mol. The number of carbonyl (C=O) groups excluding carboxylic acids is 1. The molecule has 0 bridgehead atoms. The van der Waals surface area contributed by atoms with Crippen LogP contribution in [-0.4, -0.2) is 34.2 Å². The van der Waals surface area contributed by atoms with Crippen molar-refractivity contribution in [1.29, 1.82) is 0 Å². The first kappa shape index (κ1) is 17.0. The normalized spacial score (nSPS) is 10.8.